The maximum absolute atomic E-state index is 6.40. The van der Waals surface area contributed by atoms with Crippen molar-refractivity contribution < 1.29 is 0 Å². The summed E-state index contributed by atoms with van der Waals surface area (Å²) in [6.45, 7) is 4.04. The second kappa shape index (κ2) is 4.27. The number of thiophene rings is 1. The Morgan fingerprint density at radius 1 is 1.37 bits per heavy atom. The highest BCUT2D eigenvalue weighted by Gasteiger charge is 2.31. The van der Waals surface area contributed by atoms with Crippen LogP contribution in [0.4, 0.5) is 0 Å². The molecule has 0 unspecified atom stereocenters. The number of thioether (sulfide) groups is 1. The molecule has 0 radical (unpaired) electrons. The third kappa shape index (κ3) is 1.74. The van der Waals surface area contributed by atoms with Crippen LogP contribution in [0, 0.1) is 0 Å². The quantitative estimate of drug-likeness (QED) is 0.761. The summed E-state index contributed by atoms with van der Waals surface area (Å²) in [5.41, 5.74) is 2.48. The number of hydrogen-bond acceptors (Lipinski definition) is 4. The van der Waals surface area contributed by atoms with E-state index in [1.807, 2.05) is 0 Å². The van der Waals surface area contributed by atoms with Crippen LogP contribution in [0.1, 0.15) is 12.5 Å². The Hall–Kier alpha value is -0.970. The number of aliphatic imine (C=N–C) groups is 1. The zero-order valence-electron chi connectivity index (χ0n) is 10.3. The fourth-order valence-corrected chi connectivity index (χ4v) is 4.86. The molecule has 2 aliphatic rings. The number of nitrogens with zero attached hydrogens (tertiary/aromatic N) is 2. The molecule has 96 valence electrons. The summed E-state index contributed by atoms with van der Waals surface area (Å²) in [5.74, 6) is 0. The summed E-state index contributed by atoms with van der Waals surface area (Å²) >= 11 is 9.91. The van der Waals surface area contributed by atoms with Crippen molar-refractivity contribution in [3.63, 3.8) is 0 Å². The van der Waals surface area contributed by atoms with Gasteiger partial charge >= 0.3 is 0 Å². The first-order chi connectivity index (χ1) is 9.24. The van der Waals surface area contributed by atoms with Crippen molar-refractivity contribution in [3.05, 3.63) is 39.1 Å². The van der Waals surface area contributed by atoms with E-state index in [4.69, 9.17) is 11.6 Å². The van der Waals surface area contributed by atoms with Crippen molar-refractivity contribution in [2.24, 2.45) is 4.99 Å². The van der Waals surface area contributed by atoms with E-state index in [2.05, 4.69) is 40.4 Å². The third-order valence-corrected chi connectivity index (χ3v) is 5.65. The molecule has 1 aromatic carbocycles. The lowest BCUT2D eigenvalue weighted by atomic mass is 10.1. The summed E-state index contributed by atoms with van der Waals surface area (Å²) in [6, 6.07) is 6.41. The number of benzene rings is 1. The molecule has 0 atom stereocenters. The van der Waals surface area contributed by atoms with Gasteiger partial charge in [-0.1, -0.05) is 23.4 Å². The van der Waals surface area contributed by atoms with Crippen LogP contribution >= 0.6 is 34.7 Å². The first kappa shape index (κ1) is 11.8. The fourth-order valence-electron chi connectivity index (χ4n) is 2.62. The molecule has 1 aromatic heterocycles. The normalized spacial score (nSPS) is 18.4. The molecule has 0 aliphatic carbocycles. The van der Waals surface area contributed by atoms with Crippen LogP contribution < -0.4 is 0 Å². The van der Waals surface area contributed by atoms with E-state index >= 15 is 0 Å². The lowest BCUT2D eigenvalue weighted by Gasteiger charge is -2.17. The molecule has 4 rings (SSSR count). The number of hydrogen-bond donors (Lipinski definition) is 0. The van der Waals surface area contributed by atoms with Gasteiger partial charge in [-0.15, -0.1) is 11.3 Å². The molecule has 0 N–H and O–H groups in total. The maximum Gasteiger partial charge on any atom is 0.168 e. The van der Waals surface area contributed by atoms with Gasteiger partial charge in [0.15, 0.2) is 5.17 Å². The Bertz CT molecular complexity index is 745. The molecule has 0 bridgehead atoms. The molecule has 0 saturated carbocycles. The lowest BCUT2D eigenvalue weighted by molar-refractivity contribution is 0.648. The molecular weight excluding hydrogens is 296 g/mol. The van der Waals surface area contributed by atoms with E-state index in [0.717, 1.165) is 28.7 Å². The molecule has 5 heteroatoms. The van der Waals surface area contributed by atoms with E-state index in [9.17, 15) is 0 Å². The first-order valence-electron chi connectivity index (χ1n) is 6.12. The Labute approximate surface area is 124 Å². The highest BCUT2D eigenvalue weighted by Crippen LogP contribution is 2.43. The Morgan fingerprint density at radius 2 is 2.26 bits per heavy atom. The molecule has 0 spiro atoms. The van der Waals surface area contributed by atoms with Gasteiger partial charge in [-0.3, -0.25) is 4.99 Å². The van der Waals surface area contributed by atoms with E-state index in [1.165, 1.54) is 20.9 Å². The SMILES string of the molecule is CC1=C(c2cc(Cl)c3ccsc3c2)N2CCN=C2S1. The fraction of sp³-hybridized carbons (Fsp3) is 0.214. The van der Waals surface area contributed by atoms with Gasteiger partial charge < -0.3 is 4.90 Å². The molecule has 3 heterocycles. The Morgan fingerprint density at radius 3 is 3.16 bits per heavy atom. The number of halogens is 1. The van der Waals surface area contributed by atoms with Gasteiger partial charge in [0.2, 0.25) is 0 Å². The van der Waals surface area contributed by atoms with Gasteiger partial charge in [0.1, 0.15) is 0 Å². The van der Waals surface area contributed by atoms with Crippen LogP contribution in [0.25, 0.3) is 15.8 Å². The monoisotopic (exact) mass is 306 g/mol. The summed E-state index contributed by atoms with van der Waals surface area (Å²) in [7, 11) is 0. The Kier molecular flexibility index (Phi) is 2.65. The van der Waals surface area contributed by atoms with Crippen molar-refractivity contribution in [2.75, 3.05) is 13.1 Å². The van der Waals surface area contributed by atoms with Crippen molar-refractivity contribution in [3.8, 4) is 0 Å². The largest absolute Gasteiger partial charge is 0.318 e. The van der Waals surface area contributed by atoms with E-state index in [1.54, 1.807) is 23.1 Å². The van der Waals surface area contributed by atoms with Crippen LogP contribution in [0.2, 0.25) is 5.02 Å². The van der Waals surface area contributed by atoms with Gasteiger partial charge in [0.05, 0.1) is 12.2 Å². The summed E-state index contributed by atoms with van der Waals surface area (Å²) < 4.78 is 1.25. The highest BCUT2D eigenvalue weighted by atomic mass is 35.5. The van der Waals surface area contributed by atoms with E-state index < -0.39 is 0 Å². The number of fused-ring (bicyclic) bond motifs is 2. The first-order valence-corrected chi connectivity index (χ1v) is 8.19. The van der Waals surface area contributed by atoms with Crippen LogP contribution in [-0.4, -0.2) is 23.2 Å². The Balaban J connectivity index is 1.90. The van der Waals surface area contributed by atoms with Gasteiger partial charge in [-0.2, -0.15) is 0 Å². The van der Waals surface area contributed by atoms with Crippen LogP contribution in [0.5, 0.6) is 0 Å². The number of rotatable bonds is 1. The zero-order chi connectivity index (χ0) is 13.0. The van der Waals surface area contributed by atoms with Gasteiger partial charge in [0.25, 0.3) is 0 Å². The van der Waals surface area contributed by atoms with E-state index in [-0.39, 0.29) is 0 Å². The molecule has 2 aromatic rings. The predicted octanol–water partition coefficient (Wildman–Crippen LogP) is 4.66. The van der Waals surface area contributed by atoms with Crippen molar-refractivity contribution in [1.82, 2.24) is 4.90 Å². The van der Waals surface area contributed by atoms with Crippen LogP contribution in [0.15, 0.2) is 33.5 Å². The number of allylic oxidation sites excluding steroid dienone is 1. The predicted molar refractivity (Wildman–Crippen MR) is 86.0 cm³/mol. The second-order valence-corrected chi connectivity index (χ2v) is 7.15. The molecule has 2 nitrogen and oxygen atoms in total. The summed E-state index contributed by atoms with van der Waals surface area (Å²) in [4.78, 5) is 8.15. The standard InChI is InChI=1S/C14H11ClN2S2/c1-8-13(17-4-3-16-14(17)19-8)9-6-11(15)10-2-5-18-12(10)7-9/h2,5-7H,3-4H2,1H3. The van der Waals surface area contributed by atoms with Gasteiger partial charge in [0, 0.05) is 32.1 Å². The second-order valence-electron chi connectivity index (χ2n) is 4.61. The average molecular weight is 307 g/mol. The molecule has 0 amide bonds. The van der Waals surface area contributed by atoms with Gasteiger partial charge in [-0.05, 0) is 30.5 Å². The molecule has 19 heavy (non-hydrogen) atoms. The molecule has 0 saturated heterocycles. The molecular formula is C14H11ClN2S2. The maximum atomic E-state index is 6.40. The van der Waals surface area contributed by atoms with E-state index in [0.29, 0.717) is 0 Å². The third-order valence-electron chi connectivity index (χ3n) is 3.44. The highest BCUT2D eigenvalue weighted by molar-refractivity contribution is 8.17. The summed E-state index contributed by atoms with van der Waals surface area (Å²) in [6.07, 6.45) is 0. The van der Waals surface area contributed by atoms with Crippen molar-refractivity contribution in [2.45, 2.75) is 6.92 Å². The molecule has 2 aliphatic heterocycles. The van der Waals surface area contributed by atoms with Crippen LogP contribution in [-0.2, 0) is 0 Å². The van der Waals surface area contributed by atoms with Crippen LogP contribution in [0.3, 0.4) is 0 Å². The van der Waals surface area contributed by atoms with Crippen molar-refractivity contribution in [1.29, 1.82) is 0 Å². The van der Waals surface area contributed by atoms with Crippen molar-refractivity contribution >= 4 is 55.7 Å². The smallest absolute Gasteiger partial charge is 0.168 e. The summed E-state index contributed by atoms with van der Waals surface area (Å²) in [5, 5.41) is 5.21. The topological polar surface area (TPSA) is 15.6 Å². The minimum Gasteiger partial charge on any atom is -0.318 e. The zero-order valence-corrected chi connectivity index (χ0v) is 12.7. The average Bonchev–Trinajstić information content (AvgIpc) is 3.02. The lowest BCUT2D eigenvalue weighted by Crippen LogP contribution is -2.19. The van der Waals surface area contributed by atoms with Gasteiger partial charge in [-0.25, -0.2) is 0 Å². The minimum atomic E-state index is 0.837. The number of amidine groups is 1. The minimum absolute atomic E-state index is 0.837. The molecule has 0 fully saturated rings.